The Morgan fingerprint density at radius 1 is 1.14 bits per heavy atom. The maximum atomic E-state index is 13.2. The highest BCUT2D eigenvalue weighted by Gasteiger charge is 2.16. The minimum atomic E-state index is -0.297. The van der Waals surface area contributed by atoms with Crippen LogP contribution in [0.15, 0.2) is 55.0 Å². The Morgan fingerprint density at radius 2 is 1.90 bits per heavy atom. The van der Waals surface area contributed by atoms with Gasteiger partial charge in [-0.3, -0.25) is 10.00 Å². The van der Waals surface area contributed by atoms with E-state index in [4.69, 9.17) is 0 Å². The van der Waals surface area contributed by atoms with Crippen LogP contribution in [0.4, 0.5) is 15.0 Å². The van der Waals surface area contributed by atoms with Gasteiger partial charge in [-0.15, -0.1) is 0 Å². The van der Waals surface area contributed by atoms with Gasteiger partial charge in [0.05, 0.1) is 6.20 Å². The average molecular weight is 396 g/mol. The fourth-order valence-electron chi connectivity index (χ4n) is 2.82. The lowest BCUT2D eigenvalue weighted by Crippen LogP contribution is -2.39. The molecule has 0 aliphatic heterocycles. The number of carbonyl (C=O) groups is 1. The van der Waals surface area contributed by atoms with Gasteiger partial charge in [-0.1, -0.05) is 12.1 Å². The van der Waals surface area contributed by atoms with Gasteiger partial charge in [0.25, 0.3) is 0 Å². The summed E-state index contributed by atoms with van der Waals surface area (Å²) in [5, 5.41) is 7.05. The zero-order chi connectivity index (χ0) is 20.8. The number of hydrogen-bond donors (Lipinski definition) is 1. The summed E-state index contributed by atoms with van der Waals surface area (Å²) in [6.07, 6.45) is 5.32. The Bertz CT molecular complexity index is 954. The van der Waals surface area contributed by atoms with E-state index in [1.165, 1.54) is 12.1 Å². The second-order valence-corrected chi connectivity index (χ2v) is 7.11. The minimum absolute atomic E-state index is 0.257. The Balaban J connectivity index is 1.74. The molecule has 2 heterocycles. The monoisotopic (exact) mass is 396 g/mol. The van der Waals surface area contributed by atoms with Crippen molar-refractivity contribution < 1.29 is 9.18 Å². The van der Waals surface area contributed by atoms with Crippen LogP contribution in [0.25, 0.3) is 11.1 Å². The van der Waals surface area contributed by atoms with Crippen LogP contribution < -0.4 is 5.32 Å². The summed E-state index contributed by atoms with van der Waals surface area (Å²) in [6, 6.07) is 9.60. The average Bonchev–Trinajstić information content (AvgIpc) is 3.13. The van der Waals surface area contributed by atoms with Crippen LogP contribution in [0.2, 0.25) is 0 Å². The predicted molar refractivity (Wildman–Crippen MR) is 111 cm³/mol. The summed E-state index contributed by atoms with van der Waals surface area (Å²) in [5.74, 6) is 0.166. The van der Waals surface area contributed by atoms with Crippen molar-refractivity contribution >= 4 is 11.8 Å². The highest BCUT2D eigenvalue weighted by molar-refractivity contribution is 5.89. The third-order valence-corrected chi connectivity index (χ3v) is 4.42. The van der Waals surface area contributed by atoms with E-state index in [0.717, 1.165) is 16.7 Å². The number of aryl methyl sites for hydroxylation is 1. The molecule has 3 rings (SSSR count). The van der Waals surface area contributed by atoms with Gasteiger partial charge >= 0.3 is 6.03 Å². The van der Waals surface area contributed by atoms with E-state index >= 15 is 0 Å². The first-order valence-corrected chi connectivity index (χ1v) is 9.31. The zero-order valence-corrected chi connectivity index (χ0v) is 16.8. The Labute approximate surface area is 169 Å². The predicted octanol–water partition coefficient (Wildman–Crippen LogP) is 3.22. The second-order valence-electron chi connectivity index (χ2n) is 7.11. The van der Waals surface area contributed by atoms with Gasteiger partial charge in [-0.25, -0.2) is 14.2 Å². The Morgan fingerprint density at radius 3 is 2.55 bits per heavy atom. The number of carbonyl (C=O) groups excluding carboxylic acids is 1. The molecule has 0 radical (unpaired) electrons. The van der Waals surface area contributed by atoms with E-state index in [2.05, 4.69) is 15.4 Å². The molecule has 7 nitrogen and oxygen atoms in total. The maximum Gasteiger partial charge on any atom is 0.323 e. The van der Waals surface area contributed by atoms with Crippen LogP contribution in [0.5, 0.6) is 0 Å². The number of anilines is 1. The first-order valence-electron chi connectivity index (χ1n) is 9.31. The number of rotatable bonds is 7. The first-order chi connectivity index (χ1) is 13.9. The van der Waals surface area contributed by atoms with Gasteiger partial charge in [0.15, 0.2) is 0 Å². The van der Waals surface area contributed by atoms with E-state index in [-0.39, 0.29) is 11.8 Å². The van der Waals surface area contributed by atoms with Gasteiger partial charge in [0.1, 0.15) is 11.6 Å². The van der Waals surface area contributed by atoms with Crippen LogP contribution in [0.1, 0.15) is 5.56 Å². The lowest BCUT2D eigenvalue weighted by atomic mass is 10.1. The van der Waals surface area contributed by atoms with Gasteiger partial charge < -0.3 is 9.80 Å². The third kappa shape index (κ3) is 5.86. The number of aromatic nitrogens is 3. The van der Waals surface area contributed by atoms with Crippen molar-refractivity contribution in [3.8, 4) is 11.1 Å². The normalized spacial score (nSPS) is 10.9. The molecule has 0 atom stereocenters. The van der Waals surface area contributed by atoms with E-state index in [9.17, 15) is 9.18 Å². The first kappa shape index (κ1) is 20.5. The summed E-state index contributed by atoms with van der Waals surface area (Å²) in [5.41, 5.74) is 2.72. The van der Waals surface area contributed by atoms with Crippen molar-refractivity contribution in [1.29, 1.82) is 0 Å². The number of hydrogen-bond acceptors (Lipinski definition) is 4. The SMILES string of the molecule is CN(C)CCN(Cc1ccc(F)cc1)C(=O)Nc1cc(-c2cnn(C)c2)ccn1. The van der Waals surface area contributed by atoms with Crippen molar-refractivity contribution in [2.45, 2.75) is 6.54 Å². The van der Waals surface area contributed by atoms with Gasteiger partial charge in [0, 0.05) is 44.6 Å². The van der Waals surface area contributed by atoms with Gasteiger partial charge in [-0.05, 0) is 49.5 Å². The lowest BCUT2D eigenvalue weighted by Gasteiger charge is -2.24. The lowest BCUT2D eigenvalue weighted by molar-refractivity contribution is 0.202. The number of amides is 2. The summed E-state index contributed by atoms with van der Waals surface area (Å²) in [4.78, 5) is 20.9. The molecule has 2 amide bonds. The fraction of sp³-hybridized carbons (Fsp3) is 0.286. The smallest absolute Gasteiger partial charge is 0.319 e. The molecular formula is C21H25FN6O. The van der Waals surface area contributed by atoms with Crippen LogP contribution in [0, 0.1) is 5.82 Å². The fourth-order valence-corrected chi connectivity index (χ4v) is 2.82. The molecule has 0 aliphatic rings. The van der Waals surface area contributed by atoms with E-state index in [1.807, 2.05) is 44.4 Å². The number of likely N-dealkylation sites (N-methyl/N-ethyl adjacent to an activating group) is 1. The molecule has 1 N–H and O–H groups in total. The maximum absolute atomic E-state index is 13.2. The topological polar surface area (TPSA) is 66.3 Å². The van der Waals surface area contributed by atoms with Crippen LogP contribution in [-0.4, -0.2) is 57.8 Å². The molecule has 0 saturated carbocycles. The van der Waals surface area contributed by atoms with Crippen molar-refractivity contribution in [2.75, 3.05) is 32.5 Å². The number of pyridine rings is 1. The summed E-state index contributed by atoms with van der Waals surface area (Å²) in [7, 11) is 5.76. The second kappa shape index (κ2) is 9.29. The highest BCUT2D eigenvalue weighted by atomic mass is 19.1. The van der Waals surface area contributed by atoms with Gasteiger partial charge in [0.2, 0.25) is 0 Å². The van der Waals surface area contributed by atoms with E-state index < -0.39 is 0 Å². The number of halogens is 1. The van der Waals surface area contributed by atoms with E-state index in [1.54, 1.807) is 34.1 Å². The molecule has 152 valence electrons. The third-order valence-electron chi connectivity index (χ3n) is 4.42. The number of nitrogens with zero attached hydrogens (tertiary/aromatic N) is 5. The molecule has 0 fully saturated rings. The number of nitrogens with one attached hydrogen (secondary N) is 1. The minimum Gasteiger partial charge on any atom is -0.319 e. The quantitative estimate of drug-likeness (QED) is 0.666. The van der Waals surface area contributed by atoms with E-state index in [0.29, 0.717) is 25.5 Å². The molecule has 0 spiro atoms. The zero-order valence-electron chi connectivity index (χ0n) is 16.8. The molecule has 0 aliphatic carbocycles. The number of benzene rings is 1. The molecule has 2 aromatic heterocycles. The summed E-state index contributed by atoms with van der Waals surface area (Å²) < 4.78 is 14.9. The van der Waals surface area contributed by atoms with Crippen LogP contribution in [0.3, 0.4) is 0 Å². The highest BCUT2D eigenvalue weighted by Crippen LogP contribution is 2.20. The molecule has 1 aromatic carbocycles. The molecule has 29 heavy (non-hydrogen) atoms. The van der Waals surface area contributed by atoms with Crippen molar-refractivity contribution in [1.82, 2.24) is 24.6 Å². The van der Waals surface area contributed by atoms with Crippen LogP contribution in [-0.2, 0) is 13.6 Å². The molecule has 0 unspecified atom stereocenters. The molecular weight excluding hydrogens is 371 g/mol. The van der Waals surface area contributed by atoms with Gasteiger partial charge in [-0.2, -0.15) is 5.10 Å². The standard InChI is InChI=1S/C21H25FN6O/c1-26(2)10-11-28(14-16-4-6-19(22)7-5-16)21(29)25-20-12-17(8-9-23-20)18-13-24-27(3)15-18/h4-9,12-13,15H,10-11,14H2,1-3H3,(H,23,25,29). The number of urea groups is 1. The Hall–Kier alpha value is -3.26. The molecule has 3 aromatic rings. The van der Waals surface area contributed by atoms with Crippen molar-refractivity contribution in [3.05, 3.63) is 66.4 Å². The molecule has 8 heteroatoms. The molecule has 0 bridgehead atoms. The molecule has 0 saturated heterocycles. The van der Waals surface area contributed by atoms with Crippen molar-refractivity contribution in [3.63, 3.8) is 0 Å². The Kier molecular flexibility index (Phi) is 6.56. The summed E-state index contributed by atoms with van der Waals surface area (Å²) >= 11 is 0. The van der Waals surface area contributed by atoms with Crippen LogP contribution >= 0.6 is 0 Å². The largest absolute Gasteiger partial charge is 0.323 e. The summed E-state index contributed by atoms with van der Waals surface area (Å²) in [6.45, 7) is 1.61. The van der Waals surface area contributed by atoms with Crippen molar-refractivity contribution in [2.24, 2.45) is 7.05 Å².